The minimum absolute atomic E-state index is 0.0167. The Morgan fingerprint density at radius 1 is 1.32 bits per heavy atom. The number of benzene rings is 2. The molecule has 0 saturated heterocycles. The largest absolute Gasteiger partial charge is 0.487 e. The lowest BCUT2D eigenvalue weighted by Gasteiger charge is -2.35. The molecule has 0 spiro atoms. The molecule has 1 heterocycles. The van der Waals surface area contributed by atoms with Crippen LogP contribution in [0, 0.1) is 5.82 Å². The number of rotatable bonds is 10. The molecule has 6 nitrogen and oxygen atoms in total. The molecule has 3 unspecified atom stereocenters. The Balaban J connectivity index is 1.53. The zero-order valence-corrected chi connectivity index (χ0v) is 18.3. The van der Waals surface area contributed by atoms with Crippen molar-refractivity contribution in [2.24, 2.45) is 0 Å². The van der Waals surface area contributed by atoms with E-state index in [9.17, 15) is 14.3 Å². The molecule has 1 aliphatic rings. The van der Waals surface area contributed by atoms with Crippen molar-refractivity contribution in [2.45, 2.75) is 44.8 Å². The lowest BCUT2D eigenvalue weighted by molar-refractivity contribution is -0.150. The van der Waals surface area contributed by atoms with Crippen molar-refractivity contribution in [1.82, 2.24) is 0 Å². The van der Waals surface area contributed by atoms with E-state index in [4.69, 9.17) is 9.47 Å². The second-order valence-electron chi connectivity index (χ2n) is 7.90. The first kappa shape index (κ1) is 22.9. The van der Waals surface area contributed by atoms with Crippen LogP contribution >= 0.6 is 0 Å². The van der Waals surface area contributed by atoms with Gasteiger partial charge in [0.15, 0.2) is 6.10 Å². The van der Waals surface area contributed by atoms with Crippen molar-refractivity contribution < 1.29 is 23.8 Å². The predicted molar refractivity (Wildman–Crippen MR) is 120 cm³/mol. The van der Waals surface area contributed by atoms with Crippen LogP contribution in [0.5, 0.6) is 5.75 Å². The van der Waals surface area contributed by atoms with Crippen molar-refractivity contribution in [2.75, 3.05) is 37.0 Å². The smallest absolute Gasteiger partial charge is 0.333 e. The van der Waals surface area contributed by atoms with Crippen LogP contribution in [0.4, 0.5) is 15.8 Å². The van der Waals surface area contributed by atoms with Gasteiger partial charge in [-0.15, -0.1) is 0 Å². The maximum atomic E-state index is 13.5. The van der Waals surface area contributed by atoms with Gasteiger partial charge in [0.05, 0.1) is 12.2 Å². The minimum Gasteiger partial charge on any atom is -0.487 e. The molecule has 0 bridgehead atoms. The van der Waals surface area contributed by atoms with Crippen LogP contribution in [-0.4, -0.2) is 50.0 Å². The summed E-state index contributed by atoms with van der Waals surface area (Å²) in [6, 6.07) is 12.5. The Morgan fingerprint density at radius 3 is 2.71 bits per heavy atom. The molecule has 7 heteroatoms. The lowest BCUT2D eigenvalue weighted by atomic mass is 9.90. The monoisotopic (exact) mass is 430 g/mol. The van der Waals surface area contributed by atoms with Crippen LogP contribution in [0.25, 0.3) is 0 Å². The van der Waals surface area contributed by atoms with E-state index in [0.717, 1.165) is 43.0 Å². The summed E-state index contributed by atoms with van der Waals surface area (Å²) >= 11 is 0. The number of hydrogen-bond donors (Lipinski definition) is 2. The van der Waals surface area contributed by atoms with E-state index in [-0.39, 0.29) is 17.8 Å². The molecule has 1 aliphatic heterocycles. The van der Waals surface area contributed by atoms with Gasteiger partial charge in [-0.2, -0.15) is 0 Å². The zero-order valence-electron chi connectivity index (χ0n) is 18.3. The van der Waals surface area contributed by atoms with Crippen molar-refractivity contribution in [3.8, 4) is 5.75 Å². The standard InChI is InChI=1S/C24H31FN2O4/c1-4-20(23(30-3)24(28)29)17-6-9-19(10-7-17)26-12-5-13-27-15-16(2)31-22-14-18(25)8-11-21(22)27/h6-11,14,16,20,23,26H,4-5,12-13,15H2,1-3H3,(H,28,29). The molecule has 0 saturated carbocycles. The lowest BCUT2D eigenvalue weighted by Crippen LogP contribution is -2.39. The zero-order chi connectivity index (χ0) is 22.4. The van der Waals surface area contributed by atoms with Gasteiger partial charge in [0, 0.05) is 37.9 Å². The molecule has 0 amide bonds. The third-order valence-corrected chi connectivity index (χ3v) is 5.64. The van der Waals surface area contributed by atoms with Crippen LogP contribution in [0.15, 0.2) is 42.5 Å². The minimum atomic E-state index is -0.946. The summed E-state index contributed by atoms with van der Waals surface area (Å²) in [7, 11) is 1.43. The molecule has 2 aromatic carbocycles. The van der Waals surface area contributed by atoms with E-state index in [1.807, 2.05) is 38.1 Å². The topological polar surface area (TPSA) is 71.0 Å². The Bertz CT molecular complexity index is 874. The Labute approximate surface area is 183 Å². The normalized spacial score (nSPS) is 17.4. The van der Waals surface area contributed by atoms with Crippen molar-refractivity contribution >= 4 is 17.3 Å². The number of fused-ring (bicyclic) bond motifs is 1. The number of carbonyl (C=O) groups is 1. The second-order valence-corrected chi connectivity index (χ2v) is 7.90. The number of anilines is 2. The van der Waals surface area contributed by atoms with Crippen LogP contribution in [0.2, 0.25) is 0 Å². The number of nitrogens with zero attached hydrogens (tertiary/aromatic N) is 1. The third kappa shape index (κ3) is 5.67. The van der Waals surface area contributed by atoms with E-state index >= 15 is 0 Å². The van der Waals surface area contributed by atoms with Gasteiger partial charge < -0.3 is 24.8 Å². The van der Waals surface area contributed by atoms with E-state index in [1.54, 1.807) is 6.07 Å². The van der Waals surface area contributed by atoms with E-state index in [0.29, 0.717) is 12.2 Å². The maximum Gasteiger partial charge on any atom is 0.333 e. The molecule has 3 atom stereocenters. The Hall–Kier alpha value is -2.80. The molecule has 31 heavy (non-hydrogen) atoms. The first-order valence-corrected chi connectivity index (χ1v) is 10.7. The summed E-state index contributed by atoms with van der Waals surface area (Å²) in [5.74, 6) is -0.824. The SMILES string of the molecule is CCC(c1ccc(NCCCN2CC(C)Oc3cc(F)ccc32)cc1)C(OC)C(=O)O. The highest BCUT2D eigenvalue weighted by molar-refractivity contribution is 5.74. The van der Waals surface area contributed by atoms with Gasteiger partial charge >= 0.3 is 5.97 Å². The van der Waals surface area contributed by atoms with E-state index < -0.39 is 12.1 Å². The summed E-state index contributed by atoms with van der Waals surface area (Å²) in [4.78, 5) is 13.7. The van der Waals surface area contributed by atoms with Gasteiger partial charge in [-0.05, 0) is 49.6 Å². The molecule has 0 radical (unpaired) electrons. The van der Waals surface area contributed by atoms with Crippen molar-refractivity contribution in [3.05, 3.63) is 53.8 Å². The molecular formula is C24H31FN2O4. The van der Waals surface area contributed by atoms with Crippen molar-refractivity contribution in [1.29, 1.82) is 0 Å². The maximum absolute atomic E-state index is 13.5. The number of aliphatic carboxylic acids is 1. The number of hydrogen-bond acceptors (Lipinski definition) is 5. The molecule has 168 valence electrons. The highest BCUT2D eigenvalue weighted by Gasteiger charge is 2.28. The average molecular weight is 431 g/mol. The van der Waals surface area contributed by atoms with Crippen molar-refractivity contribution in [3.63, 3.8) is 0 Å². The summed E-state index contributed by atoms with van der Waals surface area (Å²) < 4.78 is 24.4. The highest BCUT2D eigenvalue weighted by Crippen LogP contribution is 2.34. The third-order valence-electron chi connectivity index (χ3n) is 5.64. The molecule has 2 N–H and O–H groups in total. The average Bonchev–Trinajstić information content (AvgIpc) is 2.74. The fourth-order valence-corrected chi connectivity index (χ4v) is 4.13. The van der Waals surface area contributed by atoms with E-state index in [2.05, 4.69) is 10.2 Å². The van der Waals surface area contributed by atoms with Crippen LogP contribution in [-0.2, 0) is 9.53 Å². The fraction of sp³-hybridized carbons (Fsp3) is 0.458. The molecular weight excluding hydrogens is 399 g/mol. The van der Waals surface area contributed by atoms with Crippen LogP contribution in [0.1, 0.15) is 38.2 Å². The fourth-order valence-electron chi connectivity index (χ4n) is 4.13. The summed E-state index contributed by atoms with van der Waals surface area (Å²) in [6.45, 7) is 6.35. The molecule has 0 aliphatic carbocycles. The summed E-state index contributed by atoms with van der Waals surface area (Å²) in [5.41, 5.74) is 2.87. The molecule has 2 aromatic rings. The van der Waals surface area contributed by atoms with E-state index in [1.165, 1.54) is 19.2 Å². The van der Waals surface area contributed by atoms with Gasteiger partial charge in [-0.25, -0.2) is 9.18 Å². The number of methoxy groups -OCH3 is 1. The number of halogens is 1. The number of ether oxygens (including phenoxy) is 2. The number of carboxylic acid groups (broad SMARTS) is 1. The molecule has 0 aromatic heterocycles. The second kappa shape index (κ2) is 10.5. The number of carboxylic acids is 1. The Morgan fingerprint density at radius 2 is 2.06 bits per heavy atom. The van der Waals surface area contributed by atoms with Gasteiger partial charge in [-0.1, -0.05) is 19.1 Å². The molecule has 0 fully saturated rings. The first-order chi connectivity index (χ1) is 14.9. The summed E-state index contributed by atoms with van der Waals surface area (Å²) in [6.07, 6.45) is 0.758. The number of nitrogens with one attached hydrogen (secondary N) is 1. The Kier molecular flexibility index (Phi) is 7.74. The van der Waals surface area contributed by atoms with Gasteiger partial charge in [0.2, 0.25) is 0 Å². The summed E-state index contributed by atoms with van der Waals surface area (Å²) in [5, 5.41) is 12.8. The predicted octanol–water partition coefficient (Wildman–Crippen LogP) is 4.51. The molecule has 3 rings (SSSR count). The first-order valence-electron chi connectivity index (χ1n) is 10.7. The quantitative estimate of drug-likeness (QED) is 0.541. The van der Waals surface area contributed by atoms with Gasteiger partial charge in [-0.3, -0.25) is 0 Å². The van der Waals surface area contributed by atoms with Gasteiger partial charge in [0.25, 0.3) is 0 Å². The van der Waals surface area contributed by atoms with Crippen LogP contribution < -0.4 is 15.0 Å². The van der Waals surface area contributed by atoms with Crippen LogP contribution in [0.3, 0.4) is 0 Å². The highest BCUT2D eigenvalue weighted by atomic mass is 19.1. The van der Waals surface area contributed by atoms with Gasteiger partial charge in [0.1, 0.15) is 17.7 Å².